The number of nitrogens with zero attached hydrogens (tertiary/aromatic N) is 4. The van der Waals surface area contributed by atoms with Crippen molar-refractivity contribution in [3.63, 3.8) is 0 Å². The number of fused-ring (bicyclic) bond motifs is 1. The molecule has 1 fully saturated rings. The van der Waals surface area contributed by atoms with Crippen molar-refractivity contribution < 1.29 is 9.84 Å². The number of aliphatic hydroxyl groups is 1. The summed E-state index contributed by atoms with van der Waals surface area (Å²) in [5.41, 5.74) is 11.5. The van der Waals surface area contributed by atoms with E-state index in [-0.39, 0.29) is 12.6 Å². The van der Waals surface area contributed by atoms with Crippen LogP contribution in [0.15, 0.2) is 61.1 Å². The standard InChI is InChI=1S/C24H25N7O2/c25-12-17-2-1-16(11-21(17)26)22-13-30-8-7-27-24(30)23(29-22)28-18-3-5-19(6-4-18)31-9-10-33-15-20(31)14-32/h1-8,11-13,20,25,32H,9-10,14-15,26H2,(H,28,29). The van der Waals surface area contributed by atoms with E-state index >= 15 is 0 Å². The molecule has 1 atom stereocenters. The summed E-state index contributed by atoms with van der Waals surface area (Å²) in [6.45, 7) is 1.98. The predicted octanol–water partition coefficient (Wildman–Crippen LogP) is 2.92. The molecule has 2 aromatic carbocycles. The Morgan fingerprint density at radius 1 is 1.24 bits per heavy atom. The van der Waals surface area contributed by atoms with Crippen LogP contribution in [0, 0.1) is 5.41 Å². The number of aliphatic hydroxyl groups excluding tert-OH is 1. The lowest BCUT2D eigenvalue weighted by atomic mass is 10.1. The fourth-order valence-electron chi connectivity index (χ4n) is 4.04. The minimum absolute atomic E-state index is 0.0353. The number of benzene rings is 2. The summed E-state index contributed by atoms with van der Waals surface area (Å²) in [6.07, 6.45) is 6.75. The Morgan fingerprint density at radius 2 is 2.09 bits per heavy atom. The van der Waals surface area contributed by atoms with Gasteiger partial charge in [-0.15, -0.1) is 0 Å². The smallest absolute Gasteiger partial charge is 0.180 e. The lowest BCUT2D eigenvalue weighted by Gasteiger charge is -2.36. The van der Waals surface area contributed by atoms with Crippen LogP contribution in [0.2, 0.25) is 0 Å². The topological polar surface area (TPSA) is 125 Å². The summed E-state index contributed by atoms with van der Waals surface area (Å²) in [5, 5.41) is 20.5. The van der Waals surface area contributed by atoms with Gasteiger partial charge in [0.1, 0.15) is 0 Å². The van der Waals surface area contributed by atoms with Gasteiger partial charge < -0.3 is 35.6 Å². The van der Waals surface area contributed by atoms with Crippen LogP contribution >= 0.6 is 0 Å². The van der Waals surface area contributed by atoms with Gasteiger partial charge in [0, 0.05) is 59.5 Å². The minimum atomic E-state index is -0.0353. The van der Waals surface area contributed by atoms with Gasteiger partial charge in [-0.1, -0.05) is 12.1 Å². The highest BCUT2D eigenvalue weighted by molar-refractivity contribution is 5.87. The molecule has 0 saturated carbocycles. The SMILES string of the molecule is N=Cc1ccc(-c2cn3ccnc3c(Nc3ccc(N4CCOCC4CO)cc3)n2)cc1N. The zero-order valence-corrected chi connectivity index (χ0v) is 18.0. The molecule has 3 heterocycles. The molecule has 1 saturated heterocycles. The quantitative estimate of drug-likeness (QED) is 0.267. The second-order valence-corrected chi connectivity index (χ2v) is 7.90. The number of nitrogens with one attached hydrogen (secondary N) is 2. The van der Waals surface area contributed by atoms with Crippen LogP contribution in [0.4, 0.5) is 22.9 Å². The Bertz CT molecular complexity index is 1290. The number of anilines is 4. The first-order chi connectivity index (χ1) is 16.2. The van der Waals surface area contributed by atoms with Crippen molar-refractivity contribution in [2.75, 3.05) is 42.3 Å². The molecule has 0 amide bonds. The Hall–Kier alpha value is -3.95. The van der Waals surface area contributed by atoms with E-state index in [2.05, 4.69) is 15.2 Å². The minimum Gasteiger partial charge on any atom is -0.398 e. The molecule has 0 aliphatic carbocycles. The Morgan fingerprint density at radius 3 is 2.85 bits per heavy atom. The second kappa shape index (κ2) is 8.89. The molecule has 5 rings (SSSR count). The first kappa shape index (κ1) is 20.9. The molecule has 4 aromatic rings. The van der Waals surface area contributed by atoms with Crippen molar-refractivity contribution >= 4 is 34.7 Å². The first-order valence-electron chi connectivity index (χ1n) is 10.7. The maximum Gasteiger partial charge on any atom is 0.180 e. The average Bonchev–Trinajstić information content (AvgIpc) is 3.33. The van der Waals surface area contributed by atoms with Gasteiger partial charge >= 0.3 is 0 Å². The van der Waals surface area contributed by atoms with Gasteiger partial charge in [-0.2, -0.15) is 0 Å². The van der Waals surface area contributed by atoms with Crippen LogP contribution in [0.5, 0.6) is 0 Å². The number of nitrogens with two attached hydrogens (primary N) is 1. The summed E-state index contributed by atoms with van der Waals surface area (Å²) < 4.78 is 7.39. The van der Waals surface area contributed by atoms with Crippen LogP contribution in [0.25, 0.3) is 16.9 Å². The van der Waals surface area contributed by atoms with E-state index in [4.69, 9.17) is 20.9 Å². The lowest BCUT2D eigenvalue weighted by Crippen LogP contribution is -2.47. The van der Waals surface area contributed by atoms with Crippen LogP contribution in [-0.2, 0) is 4.74 Å². The largest absolute Gasteiger partial charge is 0.398 e. The summed E-state index contributed by atoms with van der Waals surface area (Å²) in [7, 11) is 0. The molecular weight excluding hydrogens is 418 g/mol. The number of rotatable bonds is 6. The average molecular weight is 444 g/mol. The third-order valence-electron chi connectivity index (χ3n) is 5.81. The van der Waals surface area contributed by atoms with E-state index in [1.54, 1.807) is 6.20 Å². The van der Waals surface area contributed by atoms with Crippen molar-refractivity contribution in [3.05, 3.63) is 66.6 Å². The molecule has 9 nitrogen and oxygen atoms in total. The summed E-state index contributed by atoms with van der Waals surface area (Å²) in [6, 6.07) is 13.5. The molecule has 0 spiro atoms. The fourth-order valence-corrected chi connectivity index (χ4v) is 4.04. The zero-order chi connectivity index (χ0) is 22.8. The molecule has 1 unspecified atom stereocenters. The molecule has 2 aromatic heterocycles. The van der Waals surface area contributed by atoms with E-state index in [1.165, 1.54) is 6.21 Å². The monoisotopic (exact) mass is 443 g/mol. The summed E-state index contributed by atoms with van der Waals surface area (Å²) in [5.74, 6) is 0.625. The highest BCUT2D eigenvalue weighted by atomic mass is 16.5. The third-order valence-corrected chi connectivity index (χ3v) is 5.81. The van der Waals surface area contributed by atoms with Gasteiger partial charge in [-0.25, -0.2) is 9.97 Å². The summed E-state index contributed by atoms with van der Waals surface area (Å²) in [4.78, 5) is 11.4. The number of morpholine rings is 1. The molecule has 33 heavy (non-hydrogen) atoms. The maximum absolute atomic E-state index is 9.65. The molecule has 9 heteroatoms. The van der Waals surface area contributed by atoms with Crippen molar-refractivity contribution in [1.82, 2.24) is 14.4 Å². The van der Waals surface area contributed by atoms with Gasteiger partial charge in [0.05, 0.1) is 31.6 Å². The van der Waals surface area contributed by atoms with E-state index in [0.29, 0.717) is 35.9 Å². The zero-order valence-electron chi connectivity index (χ0n) is 18.0. The van der Waals surface area contributed by atoms with Crippen LogP contribution < -0.4 is 16.0 Å². The van der Waals surface area contributed by atoms with Crippen molar-refractivity contribution in [2.45, 2.75) is 6.04 Å². The second-order valence-electron chi connectivity index (χ2n) is 7.90. The number of nitrogen functional groups attached to an aromatic ring is 1. The molecular formula is C24H25N7O2. The Balaban J connectivity index is 1.45. The first-order valence-corrected chi connectivity index (χ1v) is 10.7. The summed E-state index contributed by atoms with van der Waals surface area (Å²) >= 11 is 0. The van der Waals surface area contributed by atoms with Crippen LogP contribution in [-0.4, -0.2) is 58.1 Å². The molecule has 168 valence electrons. The predicted molar refractivity (Wildman–Crippen MR) is 129 cm³/mol. The third kappa shape index (κ3) is 4.11. The number of hydrogen-bond acceptors (Lipinski definition) is 8. The van der Waals surface area contributed by atoms with Gasteiger partial charge in [-0.3, -0.25) is 0 Å². The molecule has 0 radical (unpaired) electrons. The number of hydrogen-bond donors (Lipinski definition) is 4. The van der Waals surface area contributed by atoms with Crippen molar-refractivity contribution in [1.29, 1.82) is 5.41 Å². The van der Waals surface area contributed by atoms with Crippen LogP contribution in [0.3, 0.4) is 0 Å². The number of aromatic nitrogens is 3. The van der Waals surface area contributed by atoms with E-state index in [0.717, 1.165) is 29.2 Å². The van der Waals surface area contributed by atoms with Crippen LogP contribution in [0.1, 0.15) is 5.56 Å². The lowest BCUT2D eigenvalue weighted by molar-refractivity contribution is 0.0727. The Labute approximate surface area is 191 Å². The highest BCUT2D eigenvalue weighted by Crippen LogP contribution is 2.28. The normalized spacial score (nSPS) is 16.2. The fraction of sp³-hybridized carbons (Fsp3) is 0.208. The van der Waals surface area contributed by atoms with Gasteiger partial charge in [0.15, 0.2) is 11.5 Å². The van der Waals surface area contributed by atoms with Crippen molar-refractivity contribution in [2.24, 2.45) is 0 Å². The number of imidazole rings is 1. The van der Waals surface area contributed by atoms with E-state index < -0.39 is 0 Å². The molecule has 1 aliphatic heterocycles. The van der Waals surface area contributed by atoms with Gasteiger partial charge in [0.2, 0.25) is 0 Å². The van der Waals surface area contributed by atoms with Gasteiger partial charge in [0.25, 0.3) is 0 Å². The molecule has 1 aliphatic rings. The molecule has 0 bridgehead atoms. The maximum atomic E-state index is 9.65. The molecule has 5 N–H and O–H groups in total. The van der Waals surface area contributed by atoms with Gasteiger partial charge in [-0.05, 0) is 30.3 Å². The van der Waals surface area contributed by atoms with Crippen molar-refractivity contribution in [3.8, 4) is 11.3 Å². The number of ether oxygens (including phenoxy) is 1. The highest BCUT2D eigenvalue weighted by Gasteiger charge is 2.22. The Kier molecular flexibility index (Phi) is 5.64. The van der Waals surface area contributed by atoms with E-state index in [1.807, 2.05) is 59.3 Å². The van der Waals surface area contributed by atoms with E-state index in [9.17, 15) is 5.11 Å².